The predicted octanol–water partition coefficient (Wildman–Crippen LogP) is 1.66. The SMILES string of the molecule is Cc1cccc(C(=O)NC2CCC(=O)NC2)c1Cl. The van der Waals surface area contributed by atoms with Gasteiger partial charge in [0.2, 0.25) is 5.91 Å². The summed E-state index contributed by atoms with van der Waals surface area (Å²) in [6.45, 7) is 2.34. The van der Waals surface area contributed by atoms with Crippen LogP contribution in [0.15, 0.2) is 18.2 Å². The lowest BCUT2D eigenvalue weighted by atomic mass is 10.1. The second-order valence-electron chi connectivity index (χ2n) is 4.45. The van der Waals surface area contributed by atoms with Crippen LogP contribution in [-0.4, -0.2) is 24.4 Å². The van der Waals surface area contributed by atoms with Crippen molar-refractivity contribution in [2.45, 2.75) is 25.8 Å². The normalized spacial score (nSPS) is 19.2. The zero-order valence-corrected chi connectivity index (χ0v) is 10.9. The first kappa shape index (κ1) is 12.9. The lowest BCUT2D eigenvalue weighted by Crippen LogP contribution is -2.47. The van der Waals surface area contributed by atoms with Gasteiger partial charge in [-0.2, -0.15) is 0 Å². The average Bonchev–Trinajstić information content (AvgIpc) is 2.35. The molecule has 2 amide bonds. The van der Waals surface area contributed by atoms with Gasteiger partial charge in [0.15, 0.2) is 0 Å². The summed E-state index contributed by atoms with van der Waals surface area (Å²) in [4.78, 5) is 23.1. The summed E-state index contributed by atoms with van der Waals surface area (Å²) in [6, 6.07) is 5.34. The van der Waals surface area contributed by atoms with Crippen LogP contribution in [-0.2, 0) is 4.79 Å². The van der Waals surface area contributed by atoms with Crippen molar-refractivity contribution in [2.24, 2.45) is 0 Å². The number of halogens is 1. The number of aryl methyl sites for hydroxylation is 1. The molecule has 4 nitrogen and oxygen atoms in total. The van der Waals surface area contributed by atoms with Crippen molar-refractivity contribution in [1.29, 1.82) is 0 Å². The van der Waals surface area contributed by atoms with Gasteiger partial charge in [0.1, 0.15) is 0 Å². The molecular weight excluding hydrogens is 252 g/mol. The fraction of sp³-hybridized carbons (Fsp3) is 0.385. The van der Waals surface area contributed by atoms with E-state index >= 15 is 0 Å². The van der Waals surface area contributed by atoms with E-state index in [4.69, 9.17) is 11.6 Å². The summed E-state index contributed by atoms with van der Waals surface area (Å²) in [5, 5.41) is 6.10. The van der Waals surface area contributed by atoms with Crippen LogP contribution in [0.4, 0.5) is 0 Å². The van der Waals surface area contributed by atoms with Crippen LogP contribution in [0.2, 0.25) is 5.02 Å². The van der Waals surface area contributed by atoms with Gasteiger partial charge in [0.05, 0.1) is 10.6 Å². The highest BCUT2D eigenvalue weighted by Gasteiger charge is 2.21. The third kappa shape index (κ3) is 2.82. The van der Waals surface area contributed by atoms with Gasteiger partial charge >= 0.3 is 0 Å². The van der Waals surface area contributed by atoms with Crippen molar-refractivity contribution < 1.29 is 9.59 Å². The van der Waals surface area contributed by atoms with Crippen LogP contribution >= 0.6 is 11.6 Å². The Bertz CT molecular complexity index is 478. The number of carbonyl (C=O) groups excluding carboxylic acids is 2. The van der Waals surface area contributed by atoms with E-state index in [1.807, 2.05) is 13.0 Å². The van der Waals surface area contributed by atoms with E-state index in [-0.39, 0.29) is 17.9 Å². The number of carbonyl (C=O) groups is 2. The van der Waals surface area contributed by atoms with Crippen LogP contribution in [0.5, 0.6) is 0 Å². The maximum atomic E-state index is 12.1. The molecule has 0 bridgehead atoms. The molecule has 2 rings (SSSR count). The lowest BCUT2D eigenvalue weighted by molar-refractivity contribution is -0.122. The van der Waals surface area contributed by atoms with Crippen molar-refractivity contribution in [3.05, 3.63) is 34.3 Å². The third-order valence-electron chi connectivity index (χ3n) is 3.04. The fourth-order valence-corrected chi connectivity index (χ4v) is 2.15. The molecule has 1 aliphatic heterocycles. The largest absolute Gasteiger partial charge is 0.354 e. The molecule has 1 atom stereocenters. The summed E-state index contributed by atoms with van der Waals surface area (Å²) < 4.78 is 0. The summed E-state index contributed by atoms with van der Waals surface area (Å²) >= 11 is 6.10. The predicted molar refractivity (Wildman–Crippen MR) is 69.7 cm³/mol. The quantitative estimate of drug-likeness (QED) is 0.855. The number of benzene rings is 1. The Kier molecular flexibility index (Phi) is 3.87. The molecule has 18 heavy (non-hydrogen) atoms. The average molecular weight is 267 g/mol. The maximum absolute atomic E-state index is 12.1. The molecule has 1 fully saturated rings. The van der Waals surface area contributed by atoms with Crippen molar-refractivity contribution >= 4 is 23.4 Å². The van der Waals surface area contributed by atoms with Crippen molar-refractivity contribution in [3.63, 3.8) is 0 Å². The first-order valence-corrected chi connectivity index (χ1v) is 6.28. The van der Waals surface area contributed by atoms with Crippen molar-refractivity contribution in [3.8, 4) is 0 Å². The van der Waals surface area contributed by atoms with Gasteiger partial charge < -0.3 is 10.6 Å². The van der Waals surface area contributed by atoms with Gasteiger partial charge in [0.25, 0.3) is 5.91 Å². The Morgan fingerprint density at radius 3 is 2.94 bits per heavy atom. The van der Waals surface area contributed by atoms with Gasteiger partial charge in [-0.3, -0.25) is 9.59 Å². The first-order valence-electron chi connectivity index (χ1n) is 5.90. The highest BCUT2D eigenvalue weighted by molar-refractivity contribution is 6.34. The molecule has 0 spiro atoms. The van der Waals surface area contributed by atoms with E-state index in [1.165, 1.54) is 0 Å². The Morgan fingerprint density at radius 1 is 1.50 bits per heavy atom. The lowest BCUT2D eigenvalue weighted by Gasteiger charge is -2.23. The van der Waals surface area contributed by atoms with E-state index in [9.17, 15) is 9.59 Å². The molecular formula is C13H15ClN2O2. The molecule has 1 saturated heterocycles. The zero-order chi connectivity index (χ0) is 13.1. The van der Waals surface area contributed by atoms with Crippen LogP contribution in [0.25, 0.3) is 0 Å². The highest BCUT2D eigenvalue weighted by atomic mass is 35.5. The van der Waals surface area contributed by atoms with Crippen LogP contribution in [0.1, 0.15) is 28.8 Å². The fourth-order valence-electron chi connectivity index (χ4n) is 1.94. The number of amides is 2. The number of rotatable bonds is 2. The van der Waals surface area contributed by atoms with Gasteiger partial charge in [-0.05, 0) is 25.0 Å². The molecule has 1 aliphatic rings. The zero-order valence-electron chi connectivity index (χ0n) is 10.1. The van der Waals surface area contributed by atoms with Gasteiger partial charge in [0, 0.05) is 19.0 Å². The molecule has 96 valence electrons. The molecule has 1 heterocycles. The van der Waals surface area contributed by atoms with E-state index < -0.39 is 0 Å². The van der Waals surface area contributed by atoms with E-state index in [0.717, 1.165) is 5.56 Å². The molecule has 1 aromatic carbocycles. The van der Waals surface area contributed by atoms with Crippen molar-refractivity contribution in [2.75, 3.05) is 6.54 Å². The Labute approximate surface area is 111 Å². The van der Waals surface area contributed by atoms with Gasteiger partial charge in [-0.1, -0.05) is 23.7 Å². The Morgan fingerprint density at radius 2 is 2.28 bits per heavy atom. The van der Waals surface area contributed by atoms with Crippen LogP contribution in [0.3, 0.4) is 0 Å². The van der Waals surface area contributed by atoms with E-state index in [0.29, 0.717) is 30.0 Å². The molecule has 5 heteroatoms. The summed E-state index contributed by atoms with van der Waals surface area (Å²) in [5.74, 6) is -0.154. The maximum Gasteiger partial charge on any atom is 0.253 e. The van der Waals surface area contributed by atoms with E-state index in [2.05, 4.69) is 10.6 Å². The van der Waals surface area contributed by atoms with Crippen molar-refractivity contribution in [1.82, 2.24) is 10.6 Å². The molecule has 1 aromatic rings. The molecule has 0 aromatic heterocycles. The highest BCUT2D eigenvalue weighted by Crippen LogP contribution is 2.20. The minimum Gasteiger partial charge on any atom is -0.354 e. The summed E-state index contributed by atoms with van der Waals surface area (Å²) in [5.41, 5.74) is 1.36. The van der Waals surface area contributed by atoms with E-state index in [1.54, 1.807) is 12.1 Å². The third-order valence-corrected chi connectivity index (χ3v) is 3.54. The summed E-state index contributed by atoms with van der Waals surface area (Å²) in [7, 11) is 0. The smallest absolute Gasteiger partial charge is 0.253 e. The van der Waals surface area contributed by atoms with Gasteiger partial charge in [-0.15, -0.1) is 0 Å². The number of piperidine rings is 1. The first-order chi connectivity index (χ1) is 8.58. The second-order valence-corrected chi connectivity index (χ2v) is 4.83. The number of hydrogen-bond donors (Lipinski definition) is 2. The van der Waals surface area contributed by atoms with Gasteiger partial charge in [-0.25, -0.2) is 0 Å². The summed E-state index contributed by atoms with van der Waals surface area (Å²) in [6.07, 6.45) is 1.12. The Balaban J connectivity index is 2.03. The molecule has 2 N–H and O–H groups in total. The molecule has 0 radical (unpaired) electrons. The topological polar surface area (TPSA) is 58.2 Å². The minimum absolute atomic E-state index is 0.0215. The van der Waals surface area contributed by atoms with Crippen LogP contribution < -0.4 is 10.6 Å². The standard InChI is InChI=1S/C13H15ClN2O2/c1-8-3-2-4-10(12(8)14)13(18)16-9-5-6-11(17)15-7-9/h2-4,9H,5-7H2,1H3,(H,15,17)(H,16,18). The molecule has 1 unspecified atom stereocenters. The molecule has 0 aliphatic carbocycles. The molecule has 0 saturated carbocycles. The van der Waals surface area contributed by atoms with Crippen LogP contribution in [0, 0.1) is 6.92 Å². The number of hydrogen-bond acceptors (Lipinski definition) is 2. The second kappa shape index (κ2) is 5.40. The monoisotopic (exact) mass is 266 g/mol. The Hall–Kier alpha value is -1.55. The minimum atomic E-state index is -0.190. The number of nitrogens with one attached hydrogen (secondary N) is 2.